The van der Waals surface area contributed by atoms with Gasteiger partial charge in [-0.2, -0.15) is 4.98 Å². The molecule has 0 aliphatic carbocycles. The zero-order chi connectivity index (χ0) is 24.8. The number of anilines is 1. The molecule has 4 aromatic rings. The molecule has 1 aromatic carbocycles. The summed E-state index contributed by atoms with van der Waals surface area (Å²) < 4.78 is 22.7. The molecule has 0 amide bonds. The zero-order valence-electron chi connectivity index (χ0n) is 21.2. The van der Waals surface area contributed by atoms with Crippen LogP contribution in [0.15, 0.2) is 30.3 Å². The van der Waals surface area contributed by atoms with Gasteiger partial charge in [0, 0.05) is 54.7 Å². The van der Waals surface area contributed by atoms with E-state index in [9.17, 15) is 4.39 Å². The second-order valence-electron chi connectivity index (χ2n) is 10.2. The average molecular weight is 509 g/mol. The van der Waals surface area contributed by atoms with Crippen LogP contribution in [-0.2, 0) is 11.3 Å². The molecular formula is C27H33FN6OS. The number of hydrogen-bond donors (Lipinski definition) is 0. The van der Waals surface area contributed by atoms with Crippen LogP contribution in [0.2, 0.25) is 0 Å². The van der Waals surface area contributed by atoms with Crippen molar-refractivity contribution in [3.05, 3.63) is 46.7 Å². The molecule has 0 saturated carbocycles. The Balaban J connectivity index is 1.39. The van der Waals surface area contributed by atoms with E-state index < -0.39 is 0 Å². The lowest BCUT2D eigenvalue weighted by atomic mass is 10.0. The minimum atomic E-state index is -0.234. The highest BCUT2D eigenvalue weighted by Crippen LogP contribution is 2.35. The Kier molecular flexibility index (Phi) is 6.41. The first-order valence-corrected chi connectivity index (χ1v) is 13.6. The van der Waals surface area contributed by atoms with Crippen molar-refractivity contribution in [1.29, 1.82) is 0 Å². The number of piperidine rings is 1. The molecule has 0 atom stereocenters. The van der Waals surface area contributed by atoms with Crippen LogP contribution in [0, 0.1) is 12.7 Å². The standard InChI is InChI=1S/C27H33FN6OS/c1-18-14-19-15-20(28)4-5-24(19)34(18)27-29-23-16-22(17-32-8-6-21(7-9-32)31(2)3)36-25(23)26(30-27)33-10-12-35-13-11-33/h4-5,14-16,21H,6-13,17H2,1-3H3. The molecule has 9 heteroatoms. The van der Waals surface area contributed by atoms with Gasteiger partial charge in [0.25, 0.3) is 0 Å². The minimum Gasteiger partial charge on any atom is -0.378 e. The molecule has 0 N–H and O–H groups in total. The van der Waals surface area contributed by atoms with E-state index in [0.717, 1.165) is 65.4 Å². The number of halogens is 1. The lowest BCUT2D eigenvalue weighted by Gasteiger charge is -2.34. The number of thiophene rings is 1. The number of rotatable bonds is 5. The monoisotopic (exact) mass is 508 g/mol. The molecule has 36 heavy (non-hydrogen) atoms. The van der Waals surface area contributed by atoms with Crippen LogP contribution >= 0.6 is 11.3 Å². The highest BCUT2D eigenvalue weighted by atomic mass is 32.1. The molecule has 2 fully saturated rings. The topological polar surface area (TPSA) is 49.7 Å². The van der Waals surface area contributed by atoms with E-state index >= 15 is 0 Å². The summed E-state index contributed by atoms with van der Waals surface area (Å²) in [4.78, 5) is 18.7. The summed E-state index contributed by atoms with van der Waals surface area (Å²) >= 11 is 1.82. The molecule has 6 rings (SSSR count). The van der Waals surface area contributed by atoms with Gasteiger partial charge in [0.15, 0.2) is 5.82 Å². The maximum atomic E-state index is 13.9. The number of aromatic nitrogens is 3. The summed E-state index contributed by atoms with van der Waals surface area (Å²) in [6.07, 6.45) is 2.42. The summed E-state index contributed by atoms with van der Waals surface area (Å²) in [5.41, 5.74) is 2.88. The number of aryl methyl sites for hydroxylation is 1. The molecule has 2 saturated heterocycles. The van der Waals surface area contributed by atoms with Gasteiger partial charge >= 0.3 is 0 Å². The van der Waals surface area contributed by atoms with E-state index in [1.807, 2.05) is 35.0 Å². The fourth-order valence-corrected chi connectivity index (χ4v) is 6.68. The third kappa shape index (κ3) is 4.49. The van der Waals surface area contributed by atoms with Gasteiger partial charge in [-0.05, 0) is 64.2 Å². The lowest BCUT2D eigenvalue weighted by Crippen LogP contribution is -2.41. The highest BCUT2D eigenvalue weighted by molar-refractivity contribution is 7.19. The molecule has 0 bridgehead atoms. The van der Waals surface area contributed by atoms with Crippen LogP contribution < -0.4 is 4.90 Å². The summed E-state index contributed by atoms with van der Waals surface area (Å²) in [6, 6.07) is 9.81. The SMILES string of the molecule is Cc1cc2cc(F)ccc2n1-c1nc(N2CCOCC2)c2sc(CN3CCC(N(C)C)CC3)cc2n1. The molecule has 2 aliphatic heterocycles. The maximum absolute atomic E-state index is 13.9. The van der Waals surface area contributed by atoms with Gasteiger partial charge in [0.1, 0.15) is 5.82 Å². The van der Waals surface area contributed by atoms with Gasteiger partial charge in [-0.15, -0.1) is 11.3 Å². The first-order chi connectivity index (χ1) is 17.5. The Morgan fingerprint density at radius 1 is 1.06 bits per heavy atom. The molecular weight excluding hydrogens is 475 g/mol. The van der Waals surface area contributed by atoms with E-state index in [0.29, 0.717) is 25.2 Å². The molecule has 2 aliphatic rings. The maximum Gasteiger partial charge on any atom is 0.236 e. The van der Waals surface area contributed by atoms with Gasteiger partial charge in [-0.25, -0.2) is 9.37 Å². The Bertz CT molecular complexity index is 1380. The van der Waals surface area contributed by atoms with Crippen LogP contribution in [0.3, 0.4) is 0 Å². The van der Waals surface area contributed by atoms with Crippen LogP contribution in [0.4, 0.5) is 10.2 Å². The summed E-state index contributed by atoms with van der Waals surface area (Å²) in [5, 5.41) is 0.858. The smallest absolute Gasteiger partial charge is 0.236 e. The Morgan fingerprint density at radius 2 is 1.83 bits per heavy atom. The van der Waals surface area contributed by atoms with Gasteiger partial charge in [0.05, 0.1) is 28.9 Å². The van der Waals surface area contributed by atoms with E-state index in [1.54, 1.807) is 6.07 Å². The largest absolute Gasteiger partial charge is 0.378 e. The summed E-state index contributed by atoms with van der Waals surface area (Å²) in [6.45, 7) is 8.24. The van der Waals surface area contributed by atoms with Gasteiger partial charge < -0.3 is 14.5 Å². The number of benzene rings is 1. The third-order valence-corrected chi connectivity index (χ3v) is 8.62. The Labute approximate surface area is 215 Å². The summed E-state index contributed by atoms with van der Waals surface area (Å²) in [5.74, 6) is 1.38. The fourth-order valence-electron chi connectivity index (χ4n) is 5.52. The number of morpholine rings is 1. The van der Waals surface area contributed by atoms with Crippen LogP contribution in [-0.4, -0.2) is 83.9 Å². The average Bonchev–Trinajstić information content (AvgIpc) is 3.43. The molecule has 190 valence electrons. The minimum absolute atomic E-state index is 0.234. The van der Waals surface area contributed by atoms with Crippen LogP contribution in [0.25, 0.3) is 27.1 Å². The fraction of sp³-hybridized carbons (Fsp3) is 0.481. The molecule has 3 aromatic heterocycles. The number of fused-ring (bicyclic) bond motifs is 2. The Morgan fingerprint density at radius 3 is 2.58 bits per heavy atom. The molecule has 0 unspecified atom stereocenters. The van der Waals surface area contributed by atoms with Gasteiger partial charge in [-0.1, -0.05) is 0 Å². The van der Waals surface area contributed by atoms with Crippen molar-refractivity contribution in [3.63, 3.8) is 0 Å². The predicted octanol–water partition coefficient (Wildman–Crippen LogP) is 4.45. The third-order valence-electron chi connectivity index (χ3n) is 7.52. The predicted molar refractivity (Wildman–Crippen MR) is 144 cm³/mol. The van der Waals surface area contributed by atoms with Crippen molar-refractivity contribution >= 4 is 38.3 Å². The molecule has 7 nitrogen and oxygen atoms in total. The van der Waals surface area contributed by atoms with E-state index in [2.05, 4.69) is 34.9 Å². The summed E-state index contributed by atoms with van der Waals surface area (Å²) in [7, 11) is 4.36. The van der Waals surface area contributed by atoms with Gasteiger partial charge in [-0.3, -0.25) is 9.47 Å². The molecule has 0 radical (unpaired) electrons. The number of nitrogens with zero attached hydrogens (tertiary/aromatic N) is 6. The van der Waals surface area contributed by atoms with E-state index in [-0.39, 0.29) is 5.82 Å². The lowest BCUT2D eigenvalue weighted by molar-refractivity contribution is 0.122. The Hall–Kier alpha value is -2.59. The van der Waals surface area contributed by atoms with Crippen molar-refractivity contribution in [2.24, 2.45) is 0 Å². The molecule has 5 heterocycles. The second-order valence-corrected chi connectivity index (χ2v) is 11.3. The second kappa shape index (κ2) is 9.70. The van der Waals surface area contributed by atoms with Crippen molar-refractivity contribution in [3.8, 4) is 5.95 Å². The molecule has 0 spiro atoms. The zero-order valence-corrected chi connectivity index (χ0v) is 22.0. The first-order valence-electron chi connectivity index (χ1n) is 12.8. The highest BCUT2D eigenvalue weighted by Gasteiger charge is 2.24. The quantitative estimate of drug-likeness (QED) is 0.397. The van der Waals surface area contributed by atoms with Crippen molar-refractivity contribution in [2.45, 2.75) is 32.4 Å². The number of likely N-dealkylation sites (tertiary alicyclic amines) is 1. The number of ether oxygens (including phenoxy) is 1. The van der Waals surface area contributed by atoms with E-state index in [1.165, 1.54) is 23.8 Å². The van der Waals surface area contributed by atoms with Crippen molar-refractivity contribution in [2.75, 3.05) is 58.4 Å². The normalized spacial score (nSPS) is 18.2. The first kappa shape index (κ1) is 23.8. The van der Waals surface area contributed by atoms with Crippen molar-refractivity contribution in [1.82, 2.24) is 24.3 Å². The van der Waals surface area contributed by atoms with E-state index in [4.69, 9.17) is 14.7 Å². The van der Waals surface area contributed by atoms with Crippen molar-refractivity contribution < 1.29 is 9.13 Å². The van der Waals surface area contributed by atoms with Crippen LogP contribution in [0.5, 0.6) is 0 Å². The van der Waals surface area contributed by atoms with Crippen LogP contribution in [0.1, 0.15) is 23.4 Å². The number of hydrogen-bond acceptors (Lipinski definition) is 7. The van der Waals surface area contributed by atoms with Gasteiger partial charge in [0.2, 0.25) is 5.95 Å².